The van der Waals surface area contributed by atoms with Gasteiger partial charge in [-0.2, -0.15) is 0 Å². The van der Waals surface area contributed by atoms with Crippen molar-refractivity contribution in [1.82, 2.24) is 0 Å². The van der Waals surface area contributed by atoms with E-state index >= 15 is 0 Å². The highest BCUT2D eigenvalue weighted by molar-refractivity contribution is 6.07. The molecule has 0 saturated carbocycles. The maximum Gasteiger partial charge on any atom is 0.272 e. The summed E-state index contributed by atoms with van der Waals surface area (Å²) in [5, 5.41) is 17.5. The Morgan fingerprint density at radius 2 is 1.85 bits per heavy atom. The second-order valence-electron chi connectivity index (χ2n) is 6.10. The van der Waals surface area contributed by atoms with Crippen molar-refractivity contribution in [2.75, 3.05) is 5.32 Å². The minimum absolute atomic E-state index is 0.0304. The first-order valence-electron chi connectivity index (χ1n) is 8.22. The number of carboxylic acid groups (broad SMARTS) is 1. The van der Waals surface area contributed by atoms with Crippen LogP contribution in [0, 0.1) is 5.82 Å². The molecule has 3 rings (SSSR count). The number of benzene rings is 2. The molecule has 138 valence electrons. The number of amides is 1. The van der Waals surface area contributed by atoms with Crippen LogP contribution in [0.25, 0.3) is 6.08 Å². The molecule has 7 heteroatoms. The lowest BCUT2D eigenvalue weighted by molar-refractivity contribution is -0.309. The van der Waals surface area contributed by atoms with Gasteiger partial charge in [0.25, 0.3) is 5.91 Å². The fourth-order valence-corrected chi connectivity index (χ4v) is 2.66. The molecule has 1 heterocycles. The van der Waals surface area contributed by atoms with Crippen molar-refractivity contribution < 1.29 is 23.9 Å². The summed E-state index contributed by atoms with van der Waals surface area (Å²) >= 11 is 0. The van der Waals surface area contributed by atoms with Gasteiger partial charge in [0.1, 0.15) is 5.82 Å². The highest BCUT2D eigenvalue weighted by atomic mass is 19.1. The number of carbonyl (C=O) groups is 2. The zero-order valence-electron chi connectivity index (χ0n) is 14.2. The van der Waals surface area contributed by atoms with Crippen LogP contribution < -0.4 is 10.4 Å². The van der Waals surface area contributed by atoms with E-state index in [9.17, 15) is 19.1 Å². The van der Waals surface area contributed by atoms with Gasteiger partial charge >= 0.3 is 0 Å². The number of hydrogen-bond acceptors (Lipinski definition) is 5. The Bertz CT molecular complexity index is 894. The van der Waals surface area contributed by atoms with E-state index < -0.39 is 29.7 Å². The largest absolute Gasteiger partial charge is 0.550 e. The summed E-state index contributed by atoms with van der Waals surface area (Å²) in [6.45, 7) is 0. The van der Waals surface area contributed by atoms with Crippen molar-refractivity contribution in [2.24, 2.45) is 5.16 Å². The minimum Gasteiger partial charge on any atom is -0.550 e. The first kappa shape index (κ1) is 18.3. The van der Waals surface area contributed by atoms with Gasteiger partial charge < -0.3 is 20.1 Å². The van der Waals surface area contributed by atoms with E-state index in [1.165, 1.54) is 24.3 Å². The van der Waals surface area contributed by atoms with Crippen LogP contribution in [0.15, 0.2) is 65.8 Å². The minimum atomic E-state index is -1.72. The Morgan fingerprint density at radius 1 is 1.15 bits per heavy atom. The van der Waals surface area contributed by atoms with Crippen LogP contribution >= 0.6 is 0 Å². The first-order valence-corrected chi connectivity index (χ1v) is 8.22. The lowest BCUT2D eigenvalue weighted by Crippen LogP contribution is -2.47. The van der Waals surface area contributed by atoms with Gasteiger partial charge in [-0.25, -0.2) is 4.39 Å². The molecule has 0 unspecified atom stereocenters. The number of nitrogens with one attached hydrogen (secondary N) is 1. The van der Waals surface area contributed by atoms with Crippen molar-refractivity contribution in [3.05, 3.63) is 72.1 Å². The number of carbonyl (C=O) groups excluding carboxylic acids is 2. The molecule has 1 aliphatic rings. The SMILES string of the molecule is O=C([O-])C[C@]1(C(=O)Nc2ccc(F)cc2)CC(/C=C/c2ccccc2)=NO1. The molecular formula is C20H16FN2O4-. The van der Waals surface area contributed by atoms with E-state index in [-0.39, 0.29) is 6.42 Å². The maximum atomic E-state index is 13.0. The van der Waals surface area contributed by atoms with Crippen molar-refractivity contribution in [3.8, 4) is 0 Å². The van der Waals surface area contributed by atoms with Crippen LogP contribution in [0.4, 0.5) is 10.1 Å². The van der Waals surface area contributed by atoms with Crippen LogP contribution in [0.1, 0.15) is 18.4 Å². The summed E-state index contributed by atoms with van der Waals surface area (Å²) in [7, 11) is 0. The van der Waals surface area contributed by atoms with Gasteiger partial charge in [-0.1, -0.05) is 41.6 Å². The third kappa shape index (κ3) is 4.58. The number of allylic oxidation sites excluding steroid dienone is 1. The fourth-order valence-electron chi connectivity index (χ4n) is 2.66. The van der Waals surface area contributed by atoms with Crippen molar-refractivity contribution in [3.63, 3.8) is 0 Å². The zero-order chi connectivity index (χ0) is 19.3. The van der Waals surface area contributed by atoms with Gasteiger partial charge in [-0.05, 0) is 35.9 Å². The summed E-state index contributed by atoms with van der Waals surface area (Å²) in [5.74, 6) is -2.58. The Morgan fingerprint density at radius 3 is 2.52 bits per heavy atom. The average molecular weight is 367 g/mol. The number of aliphatic carboxylic acids is 1. The average Bonchev–Trinajstić information content (AvgIpc) is 3.06. The molecule has 2 aromatic rings. The van der Waals surface area contributed by atoms with Gasteiger partial charge in [0, 0.05) is 24.5 Å². The number of halogens is 1. The summed E-state index contributed by atoms with van der Waals surface area (Å²) in [5.41, 5.74) is -0.0532. The molecule has 0 radical (unpaired) electrons. The number of rotatable bonds is 6. The normalized spacial score (nSPS) is 18.8. The van der Waals surface area contributed by atoms with E-state index in [1.54, 1.807) is 12.2 Å². The highest BCUT2D eigenvalue weighted by Crippen LogP contribution is 2.30. The molecule has 0 aromatic heterocycles. The number of hydrogen-bond donors (Lipinski definition) is 1. The molecule has 0 aliphatic carbocycles. The number of carboxylic acids is 1. The summed E-state index contributed by atoms with van der Waals surface area (Å²) in [4.78, 5) is 29.1. The van der Waals surface area contributed by atoms with Crippen molar-refractivity contribution in [2.45, 2.75) is 18.4 Å². The molecule has 1 N–H and O–H groups in total. The summed E-state index contributed by atoms with van der Waals surface area (Å²) < 4.78 is 13.0. The Balaban J connectivity index is 1.74. The molecule has 0 saturated heterocycles. The van der Waals surface area contributed by atoms with E-state index in [0.29, 0.717) is 11.4 Å². The molecule has 0 fully saturated rings. The predicted molar refractivity (Wildman–Crippen MR) is 96.0 cm³/mol. The summed E-state index contributed by atoms with van der Waals surface area (Å²) in [6, 6.07) is 14.5. The molecular weight excluding hydrogens is 351 g/mol. The lowest BCUT2D eigenvalue weighted by atomic mass is 9.92. The Kier molecular flexibility index (Phi) is 5.30. The zero-order valence-corrected chi connectivity index (χ0v) is 14.2. The second-order valence-corrected chi connectivity index (χ2v) is 6.10. The molecule has 6 nitrogen and oxygen atoms in total. The smallest absolute Gasteiger partial charge is 0.272 e. The summed E-state index contributed by atoms with van der Waals surface area (Å²) in [6.07, 6.45) is 2.76. The topological polar surface area (TPSA) is 90.8 Å². The van der Waals surface area contributed by atoms with Gasteiger partial charge in [-0.15, -0.1) is 0 Å². The van der Waals surface area contributed by atoms with Crippen LogP contribution in [-0.4, -0.2) is 23.2 Å². The third-order valence-corrected chi connectivity index (χ3v) is 4.02. The van der Waals surface area contributed by atoms with Crippen molar-refractivity contribution >= 4 is 29.4 Å². The first-order chi connectivity index (χ1) is 13.0. The lowest BCUT2D eigenvalue weighted by Gasteiger charge is -2.25. The monoisotopic (exact) mass is 367 g/mol. The van der Waals surface area contributed by atoms with Gasteiger partial charge in [0.15, 0.2) is 0 Å². The molecule has 0 spiro atoms. The Hall–Kier alpha value is -3.48. The molecule has 27 heavy (non-hydrogen) atoms. The molecule has 1 aliphatic heterocycles. The fraction of sp³-hybridized carbons (Fsp3) is 0.150. The second kappa shape index (κ2) is 7.82. The van der Waals surface area contributed by atoms with Gasteiger partial charge in [0.05, 0.1) is 5.71 Å². The predicted octanol–water partition coefficient (Wildman–Crippen LogP) is 2.13. The van der Waals surface area contributed by atoms with Crippen molar-refractivity contribution in [1.29, 1.82) is 0 Å². The molecule has 2 aromatic carbocycles. The molecule has 1 amide bonds. The van der Waals surface area contributed by atoms with E-state index in [0.717, 1.165) is 5.56 Å². The van der Waals surface area contributed by atoms with E-state index in [1.807, 2.05) is 30.3 Å². The number of anilines is 1. The third-order valence-electron chi connectivity index (χ3n) is 4.02. The highest BCUT2D eigenvalue weighted by Gasteiger charge is 2.46. The van der Waals surface area contributed by atoms with Crippen LogP contribution in [0.2, 0.25) is 0 Å². The molecule has 1 atom stereocenters. The molecule has 0 bridgehead atoms. The van der Waals surface area contributed by atoms with E-state index in [2.05, 4.69) is 10.5 Å². The quantitative estimate of drug-likeness (QED) is 0.847. The van der Waals surface area contributed by atoms with Gasteiger partial charge in [-0.3, -0.25) is 4.79 Å². The number of nitrogens with zero attached hydrogens (tertiary/aromatic N) is 1. The van der Waals surface area contributed by atoms with E-state index in [4.69, 9.17) is 4.84 Å². The standard InChI is InChI=1S/C20H17FN2O4/c21-15-7-10-16(11-8-15)22-19(26)20(13-18(24)25)12-17(23-27-20)9-6-14-4-2-1-3-5-14/h1-11H,12-13H2,(H,22,26)(H,24,25)/p-1/b9-6+/t20-/m0/s1. The van der Waals surface area contributed by atoms with Crippen LogP contribution in [0.5, 0.6) is 0 Å². The Labute approximate surface area is 155 Å². The van der Waals surface area contributed by atoms with Crippen LogP contribution in [-0.2, 0) is 14.4 Å². The maximum absolute atomic E-state index is 13.0. The number of oxime groups is 1. The van der Waals surface area contributed by atoms with Crippen LogP contribution in [0.3, 0.4) is 0 Å². The van der Waals surface area contributed by atoms with Gasteiger partial charge in [0.2, 0.25) is 5.60 Å².